The lowest BCUT2D eigenvalue weighted by Gasteiger charge is -2.08. The Morgan fingerprint density at radius 1 is 1.15 bits per heavy atom. The Morgan fingerprint density at radius 3 is 2.69 bits per heavy atom. The molecule has 8 heteroatoms. The largest absolute Gasteiger partial charge is 0.492 e. The molecule has 0 atom stereocenters. The molecule has 2 aromatic heterocycles. The highest BCUT2D eigenvalue weighted by Crippen LogP contribution is 2.17. The van der Waals surface area contributed by atoms with E-state index in [4.69, 9.17) is 4.74 Å². The molecule has 2 heterocycles. The summed E-state index contributed by atoms with van der Waals surface area (Å²) in [4.78, 5) is 4.07. The highest BCUT2D eigenvalue weighted by molar-refractivity contribution is 7.89. The number of nitrogens with one attached hydrogen (secondary N) is 1. The van der Waals surface area contributed by atoms with Gasteiger partial charge in [0.05, 0.1) is 23.7 Å². The Kier molecular flexibility index (Phi) is 5.65. The van der Waals surface area contributed by atoms with Gasteiger partial charge >= 0.3 is 0 Å². The third-order valence-corrected chi connectivity index (χ3v) is 5.06. The number of rotatable bonds is 8. The van der Waals surface area contributed by atoms with Crippen LogP contribution in [0.4, 0.5) is 0 Å². The molecule has 0 amide bonds. The molecule has 0 aliphatic carbocycles. The molecule has 0 saturated heterocycles. The van der Waals surface area contributed by atoms with Crippen LogP contribution >= 0.6 is 0 Å². The zero-order valence-electron chi connectivity index (χ0n) is 14.4. The molecule has 0 fully saturated rings. The van der Waals surface area contributed by atoms with Crippen molar-refractivity contribution in [1.82, 2.24) is 19.5 Å². The molecule has 0 bridgehead atoms. The molecule has 26 heavy (non-hydrogen) atoms. The monoisotopic (exact) mass is 372 g/mol. The van der Waals surface area contributed by atoms with Crippen molar-refractivity contribution in [2.24, 2.45) is 7.05 Å². The molecule has 0 aliphatic heterocycles. The van der Waals surface area contributed by atoms with Crippen molar-refractivity contribution < 1.29 is 13.2 Å². The van der Waals surface area contributed by atoms with Crippen molar-refractivity contribution >= 4 is 10.0 Å². The minimum atomic E-state index is -3.45. The fourth-order valence-electron chi connectivity index (χ4n) is 2.37. The first-order valence-corrected chi connectivity index (χ1v) is 9.77. The average Bonchev–Trinajstić information content (AvgIpc) is 3.02. The van der Waals surface area contributed by atoms with E-state index in [1.54, 1.807) is 36.3 Å². The van der Waals surface area contributed by atoms with E-state index in [1.807, 2.05) is 36.4 Å². The van der Waals surface area contributed by atoms with Crippen LogP contribution in [0.25, 0.3) is 11.3 Å². The summed E-state index contributed by atoms with van der Waals surface area (Å²) < 4.78 is 34.0. The van der Waals surface area contributed by atoms with Crippen molar-refractivity contribution in [1.29, 1.82) is 0 Å². The molecule has 0 radical (unpaired) electrons. The van der Waals surface area contributed by atoms with Crippen LogP contribution in [-0.4, -0.2) is 35.5 Å². The summed E-state index contributed by atoms with van der Waals surface area (Å²) in [6, 6.07) is 14.7. The lowest BCUT2D eigenvalue weighted by Crippen LogP contribution is -2.29. The molecule has 0 unspecified atom stereocenters. The fourth-order valence-corrected chi connectivity index (χ4v) is 3.18. The summed E-state index contributed by atoms with van der Waals surface area (Å²) in [6.45, 7) is 0.253. The number of hydrogen-bond donors (Lipinski definition) is 1. The lowest BCUT2D eigenvalue weighted by molar-refractivity contribution is 0.340. The van der Waals surface area contributed by atoms with Gasteiger partial charge in [-0.3, -0.25) is 9.67 Å². The average molecular weight is 372 g/mol. The zero-order valence-corrected chi connectivity index (χ0v) is 15.2. The van der Waals surface area contributed by atoms with Gasteiger partial charge in [0.1, 0.15) is 12.4 Å². The molecule has 0 aliphatic rings. The van der Waals surface area contributed by atoms with Gasteiger partial charge in [-0.15, -0.1) is 0 Å². The quantitative estimate of drug-likeness (QED) is 0.653. The lowest BCUT2D eigenvalue weighted by atomic mass is 10.2. The third kappa shape index (κ3) is 4.90. The molecule has 3 aromatic rings. The number of benzene rings is 1. The van der Waals surface area contributed by atoms with Crippen LogP contribution in [-0.2, 0) is 23.6 Å². The molecular weight excluding hydrogens is 352 g/mol. The SMILES string of the molecule is Cn1nc(-c2cccnc2)cc1CNS(=O)(=O)CCOc1ccccc1. The van der Waals surface area contributed by atoms with E-state index in [0.717, 1.165) is 17.0 Å². The first-order chi connectivity index (χ1) is 12.5. The van der Waals surface area contributed by atoms with Crippen molar-refractivity contribution in [3.05, 3.63) is 66.6 Å². The second kappa shape index (κ2) is 8.11. The van der Waals surface area contributed by atoms with Gasteiger partial charge in [0, 0.05) is 25.0 Å². The number of pyridine rings is 1. The van der Waals surface area contributed by atoms with Gasteiger partial charge in [0.25, 0.3) is 0 Å². The highest BCUT2D eigenvalue weighted by atomic mass is 32.2. The number of sulfonamides is 1. The summed E-state index contributed by atoms with van der Waals surface area (Å²) in [7, 11) is -1.67. The molecular formula is C18H20N4O3S. The van der Waals surface area contributed by atoms with E-state index in [9.17, 15) is 8.42 Å². The van der Waals surface area contributed by atoms with Crippen molar-refractivity contribution in [3.8, 4) is 17.0 Å². The minimum absolute atomic E-state index is 0.0890. The maximum absolute atomic E-state index is 12.2. The molecule has 136 valence electrons. The van der Waals surface area contributed by atoms with Crippen molar-refractivity contribution in [2.45, 2.75) is 6.54 Å². The molecule has 7 nitrogen and oxygen atoms in total. The van der Waals surface area contributed by atoms with E-state index in [2.05, 4.69) is 14.8 Å². The van der Waals surface area contributed by atoms with Crippen LogP contribution in [0.5, 0.6) is 5.75 Å². The van der Waals surface area contributed by atoms with E-state index in [1.165, 1.54) is 0 Å². The van der Waals surface area contributed by atoms with E-state index < -0.39 is 10.0 Å². The van der Waals surface area contributed by atoms with Gasteiger partial charge in [-0.2, -0.15) is 5.10 Å². The Morgan fingerprint density at radius 2 is 1.96 bits per heavy atom. The Hall–Kier alpha value is -2.71. The van der Waals surface area contributed by atoms with Crippen LogP contribution in [0.1, 0.15) is 5.69 Å². The van der Waals surface area contributed by atoms with Crippen molar-refractivity contribution in [2.75, 3.05) is 12.4 Å². The highest BCUT2D eigenvalue weighted by Gasteiger charge is 2.13. The number of ether oxygens (including phenoxy) is 1. The second-order valence-corrected chi connectivity index (χ2v) is 7.61. The van der Waals surface area contributed by atoms with Crippen LogP contribution in [0, 0.1) is 0 Å². The first-order valence-electron chi connectivity index (χ1n) is 8.12. The maximum atomic E-state index is 12.2. The van der Waals surface area contributed by atoms with Crippen LogP contribution in [0.3, 0.4) is 0 Å². The maximum Gasteiger partial charge on any atom is 0.215 e. The molecule has 1 aromatic carbocycles. The Bertz CT molecular complexity index is 941. The molecule has 0 saturated carbocycles. The van der Waals surface area contributed by atoms with Gasteiger partial charge in [-0.1, -0.05) is 18.2 Å². The third-order valence-electron chi connectivity index (χ3n) is 3.77. The number of hydrogen-bond acceptors (Lipinski definition) is 5. The van der Waals surface area contributed by atoms with Crippen LogP contribution in [0.2, 0.25) is 0 Å². The Labute approximate surface area is 152 Å². The summed E-state index contributed by atoms with van der Waals surface area (Å²) in [6.07, 6.45) is 3.41. The normalized spacial score (nSPS) is 11.4. The number of aryl methyl sites for hydroxylation is 1. The standard InChI is InChI=1S/C18H20N4O3S/c1-22-16(12-18(21-22)15-6-5-9-19-13-15)14-20-26(23,24)11-10-25-17-7-3-2-4-8-17/h2-9,12-13,20H,10-11,14H2,1H3. The van der Waals surface area contributed by atoms with Gasteiger partial charge in [0.2, 0.25) is 10.0 Å². The minimum Gasteiger partial charge on any atom is -0.492 e. The first kappa shape index (κ1) is 18.1. The Balaban J connectivity index is 1.55. The summed E-state index contributed by atoms with van der Waals surface area (Å²) in [5.74, 6) is 0.533. The van der Waals surface area contributed by atoms with Gasteiger partial charge in [-0.25, -0.2) is 13.1 Å². The number of aromatic nitrogens is 3. The second-order valence-electron chi connectivity index (χ2n) is 5.69. The predicted molar refractivity (Wildman–Crippen MR) is 99.0 cm³/mol. The number of para-hydroxylation sites is 1. The summed E-state index contributed by atoms with van der Waals surface area (Å²) in [5, 5.41) is 4.40. The zero-order chi connectivity index (χ0) is 18.4. The smallest absolute Gasteiger partial charge is 0.215 e. The van der Waals surface area contributed by atoms with E-state index in [0.29, 0.717) is 5.75 Å². The van der Waals surface area contributed by atoms with E-state index in [-0.39, 0.29) is 18.9 Å². The van der Waals surface area contributed by atoms with Gasteiger partial charge < -0.3 is 4.74 Å². The summed E-state index contributed by atoms with van der Waals surface area (Å²) >= 11 is 0. The predicted octanol–water partition coefficient (Wildman–Crippen LogP) is 1.98. The molecule has 3 rings (SSSR count). The van der Waals surface area contributed by atoms with E-state index >= 15 is 0 Å². The molecule has 0 spiro atoms. The topological polar surface area (TPSA) is 86.1 Å². The van der Waals surface area contributed by atoms with Crippen LogP contribution in [0.15, 0.2) is 60.9 Å². The fraction of sp³-hybridized carbons (Fsp3) is 0.222. The molecule has 1 N–H and O–H groups in total. The summed E-state index contributed by atoms with van der Waals surface area (Å²) in [5.41, 5.74) is 2.40. The van der Waals surface area contributed by atoms with Gasteiger partial charge in [-0.05, 0) is 30.3 Å². The number of nitrogens with zero attached hydrogens (tertiary/aromatic N) is 3. The van der Waals surface area contributed by atoms with Gasteiger partial charge in [0.15, 0.2) is 0 Å². The van der Waals surface area contributed by atoms with Crippen molar-refractivity contribution in [3.63, 3.8) is 0 Å². The van der Waals surface area contributed by atoms with Crippen LogP contribution < -0.4 is 9.46 Å².